The molecular formula is C16H22ClF3N2O3. The number of rotatable bonds is 7. The van der Waals surface area contributed by atoms with Crippen LogP contribution in [0.25, 0.3) is 0 Å². The van der Waals surface area contributed by atoms with Gasteiger partial charge in [-0.15, -0.1) is 12.4 Å². The highest BCUT2D eigenvalue weighted by Crippen LogP contribution is 2.29. The lowest BCUT2D eigenvalue weighted by Crippen LogP contribution is -2.49. The van der Waals surface area contributed by atoms with Gasteiger partial charge in [0, 0.05) is 12.5 Å². The van der Waals surface area contributed by atoms with Crippen molar-refractivity contribution in [2.45, 2.75) is 19.6 Å². The molecule has 1 atom stereocenters. The van der Waals surface area contributed by atoms with Crippen LogP contribution >= 0.6 is 12.4 Å². The van der Waals surface area contributed by atoms with Crippen molar-refractivity contribution in [3.8, 4) is 11.5 Å². The normalized spacial score (nSPS) is 15.6. The van der Waals surface area contributed by atoms with E-state index in [4.69, 9.17) is 9.47 Å². The first-order chi connectivity index (χ1) is 11.3. The van der Waals surface area contributed by atoms with Crippen LogP contribution in [0.2, 0.25) is 0 Å². The highest BCUT2D eigenvalue weighted by molar-refractivity contribution is 5.85. The summed E-state index contributed by atoms with van der Waals surface area (Å²) >= 11 is 0. The quantitative estimate of drug-likeness (QED) is 0.761. The second-order valence-electron chi connectivity index (χ2n) is 5.81. The zero-order valence-electron chi connectivity index (χ0n) is 14.0. The minimum atomic E-state index is -4.41. The molecule has 2 rings (SSSR count). The average Bonchev–Trinajstić information content (AvgIpc) is 2.48. The van der Waals surface area contributed by atoms with Crippen LogP contribution in [-0.2, 0) is 11.3 Å². The third-order valence-corrected chi connectivity index (χ3v) is 4.02. The highest BCUT2D eigenvalue weighted by Gasteiger charge is 2.29. The lowest BCUT2D eigenvalue weighted by Gasteiger charge is -2.31. The van der Waals surface area contributed by atoms with Gasteiger partial charge < -0.3 is 20.1 Å². The third kappa shape index (κ3) is 6.28. The largest absolute Gasteiger partial charge is 0.493 e. The third-order valence-electron chi connectivity index (χ3n) is 4.02. The minimum Gasteiger partial charge on any atom is -0.493 e. The Bertz CT molecular complexity index is 580. The molecule has 9 heteroatoms. The van der Waals surface area contributed by atoms with Crippen LogP contribution in [0.5, 0.6) is 11.5 Å². The second kappa shape index (κ2) is 9.15. The number of amides is 1. The number of carbonyl (C=O) groups is 1. The number of benzene rings is 1. The molecule has 2 N–H and O–H groups in total. The van der Waals surface area contributed by atoms with Crippen LogP contribution in [-0.4, -0.2) is 38.9 Å². The van der Waals surface area contributed by atoms with E-state index in [9.17, 15) is 18.0 Å². The molecule has 0 bridgehead atoms. The summed E-state index contributed by atoms with van der Waals surface area (Å²) in [7, 11) is 1.35. The number of halogens is 4. The molecule has 1 aliphatic heterocycles. The van der Waals surface area contributed by atoms with E-state index in [1.54, 1.807) is 12.1 Å². The van der Waals surface area contributed by atoms with Gasteiger partial charge in [-0.1, -0.05) is 13.0 Å². The predicted octanol–water partition coefficient (Wildman–Crippen LogP) is 2.53. The molecular weight excluding hydrogens is 361 g/mol. The molecule has 0 spiro atoms. The Labute approximate surface area is 150 Å². The molecule has 1 aliphatic rings. The van der Waals surface area contributed by atoms with Gasteiger partial charge in [0.1, 0.15) is 0 Å². The molecule has 1 fully saturated rings. The summed E-state index contributed by atoms with van der Waals surface area (Å²) in [6.45, 7) is 2.46. The Morgan fingerprint density at radius 2 is 2.04 bits per heavy atom. The molecule has 1 saturated heterocycles. The van der Waals surface area contributed by atoms with Gasteiger partial charge in [0.2, 0.25) is 5.91 Å². The fourth-order valence-corrected chi connectivity index (χ4v) is 2.33. The van der Waals surface area contributed by atoms with E-state index in [1.165, 1.54) is 13.2 Å². The van der Waals surface area contributed by atoms with Crippen LogP contribution in [0.15, 0.2) is 18.2 Å². The first kappa shape index (κ1) is 21.4. The lowest BCUT2D eigenvalue weighted by molar-refractivity contribution is -0.153. The van der Waals surface area contributed by atoms with Gasteiger partial charge in [-0.25, -0.2) is 0 Å². The number of hydrogen-bond donors (Lipinski definition) is 2. The maximum absolute atomic E-state index is 12.2. The zero-order chi connectivity index (χ0) is 17.7. The van der Waals surface area contributed by atoms with E-state index in [-0.39, 0.29) is 42.3 Å². The molecule has 1 aromatic carbocycles. The molecule has 25 heavy (non-hydrogen) atoms. The van der Waals surface area contributed by atoms with Gasteiger partial charge in [-0.2, -0.15) is 13.2 Å². The zero-order valence-corrected chi connectivity index (χ0v) is 14.8. The Kier molecular flexibility index (Phi) is 7.82. The Hall–Kier alpha value is -1.67. The summed E-state index contributed by atoms with van der Waals surface area (Å²) in [6.07, 6.45) is -4.41. The number of alkyl halides is 3. The summed E-state index contributed by atoms with van der Waals surface area (Å²) in [5.74, 6) is 0.430. The second-order valence-corrected chi connectivity index (χ2v) is 5.81. The van der Waals surface area contributed by atoms with E-state index >= 15 is 0 Å². The van der Waals surface area contributed by atoms with Gasteiger partial charge in [-0.05, 0) is 36.7 Å². The molecule has 1 aromatic rings. The lowest BCUT2D eigenvalue weighted by atomic mass is 9.88. The van der Waals surface area contributed by atoms with E-state index < -0.39 is 12.8 Å². The van der Waals surface area contributed by atoms with Crippen molar-refractivity contribution < 1.29 is 27.4 Å². The van der Waals surface area contributed by atoms with Crippen LogP contribution in [0.4, 0.5) is 13.2 Å². The van der Waals surface area contributed by atoms with Gasteiger partial charge in [-0.3, -0.25) is 4.79 Å². The van der Waals surface area contributed by atoms with Crippen molar-refractivity contribution in [3.63, 3.8) is 0 Å². The number of carbonyl (C=O) groups excluding carboxylic acids is 1. The van der Waals surface area contributed by atoms with Crippen molar-refractivity contribution in [1.82, 2.24) is 10.6 Å². The van der Waals surface area contributed by atoms with Crippen LogP contribution < -0.4 is 20.1 Å². The summed E-state index contributed by atoms with van der Waals surface area (Å²) in [5.41, 5.74) is 0.721. The average molecular weight is 383 g/mol. The summed E-state index contributed by atoms with van der Waals surface area (Å²) < 4.78 is 46.4. The number of nitrogens with one attached hydrogen (secondary N) is 2. The van der Waals surface area contributed by atoms with E-state index in [0.717, 1.165) is 18.7 Å². The molecule has 142 valence electrons. The molecule has 5 nitrogen and oxygen atoms in total. The van der Waals surface area contributed by atoms with Crippen molar-refractivity contribution in [2.75, 3.05) is 26.8 Å². The topological polar surface area (TPSA) is 59.6 Å². The molecule has 0 saturated carbocycles. The first-order valence-electron chi connectivity index (χ1n) is 7.65. The van der Waals surface area contributed by atoms with E-state index in [2.05, 4.69) is 10.6 Å². The van der Waals surface area contributed by atoms with Crippen molar-refractivity contribution in [2.24, 2.45) is 11.8 Å². The van der Waals surface area contributed by atoms with Crippen molar-refractivity contribution >= 4 is 18.3 Å². The predicted molar refractivity (Wildman–Crippen MR) is 89.2 cm³/mol. The number of hydrogen-bond acceptors (Lipinski definition) is 4. The molecule has 1 amide bonds. The Balaban J connectivity index is 0.00000312. The maximum Gasteiger partial charge on any atom is 0.422 e. The first-order valence-corrected chi connectivity index (χ1v) is 7.65. The number of ether oxygens (including phenoxy) is 2. The molecule has 0 aliphatic carbocycles. The van der Waals surface area contributed by atoms with Gasteiger partial charge in [0.05, 0.1) is 7.11 Å². The highest BCUT2D eigenvalue weighted by atomic mass is 35.5. The van der Waals surface area contributed by atoms with Gasteiger partial charge >= 0.3 is 6.18 Å². The summed E-state index contributed by atoms with van der Waals surface area (Å²) in [4.78, 5) is 12.1. The van der Waals surface area contributed by atoms with Gasteiger partial charge in [0.25, 0.3) is 0 Å². The SMILES string of the molecule is COc1cc(CNC(=O)C(C)C2CNC2)ccc1OCC(F)(F)F.Cl. The summed E-state index contributed by atoms with van der Waals surface area (Å²) in [5, 5.41) is 5.96. The van der Waals surface area contributed by atoms with Crippen molar-refractivity contribution in [3.05, 3.63) is 23.8 Å². The maximum atomic E-state index is 12.2. The standard InChI is InChI=1S/C16H21F3N2O3.ClH/c1-10(12-7-20-8-12)15(22)21-6-11-3-4-13(14(5-11)23-2)24-9-16(17,18)19;/h3-5,10,12,20H,6-9H2,1-2H3,(H,21,22);1H. The molecule has 1 unspecified atom stereocenters. The molecule has 1 heterocycles. The minimum absolute atomic E-state index is 0. The Morgan fingerprint density at radius 3 is 2.56 bits per heavy atom. The number of methoxy groups -OCH3 is 1. The monoisotopic (exact) mass is 382 g/mol. The fraction of sp³-hybridized carbons (Fsp3) is 0.562. The van der Waals surface area contributed by atoms with E-state index in [1.807, 2.05) is 6.92 Å². The van der Waals surface area contributed by atoms with Crippen molar-refractivity contribution in [1.29, 1.82) is 0 Å². The van der Waals surface area contributed by atoms with Crippen LogP contribution in [0.3, 0.4) is 0 Å². The van der Waals surface area contributed by atoms with Gasteiger partial charge in [0.15, 0.2) is 18.1 Å². The van der Waals surface area contributed by atoms with E-state index in [0.29, 0.717) is 5.92 Å². The van der Waals surface area contributed by atoms with Crippen LogP contribution in [0, 0.1) is 11.8 Å². The molecule has 0 aromatic heterocycles. The smallest absolute Gasteiger partial charge is 0.422 e. The Morgan fingerprint density at radius 1 is 1.36 bits per heavy atom. The fourth-order valence-electron chi connectivity index (χ4n) is 2.33. The molecule has 0 radical (unpaired) electrons. The van der Waals surface area contributed by atoms with Crippen LogP contribution in [0.1, 0.15) is 12.5 Å². The summed E-state index contributed by atoms with van der Waals surface area (Å²) in [6, 6.07) is 4.57.